The van der Waals surface area contributed by atoms with Crippen LogP contribution in [0.3, 0.4) is 0 Å². The highest BCUT2D eigenvalue weighted by atomic mass is 16.6. The van der Waals surface area contributed by atoms with Crippen molar-refractivity contribution in [3.05, 3.63) is 104 Å². The molecule has 10 rings (SSSR count). The fourth-order valence-corrected chi connectivity index (χ4v) is 12.2. The van der Waals surface area contributed by atoms with Crippen LogP contribution in [0.4, 0.5) is 0 Å². The van der Waals surface area contributed by atoms with E-state index in [1.807, 2.05) is 33.2 Å². The van der Waals surface area contributed by atoms with E-state index in [2.05, 4.69) is 77.3 Å². The summed E-state index contributed by atoms with van der Waals surface area (Å²) in [6.45, 7) is 7.56. The summed E-state index contributed by atoms with van der Waals surface area (Å²) in [5.41, 5.74) is 7.48. The lowest BCUT2D eigenvalue weighted by molar-refractivity contribution is -0.141. The molecule has 6 aliphatic rings. The van der Waals surface area contributed by atoms with Gasteiger partial charge in [0.15, 0.2) is 17.6 Å². The van der Waals surface area contributed by atoms with Crippen LogP contribution in [0.2, 0.25) is 0 Å². The molecular weight excluding hydrogens is 887 g/mol. The molecule has 14 nitrogen and oxygen atoms in total. The number of ether oxygens (including phenoxy) is 4. The molecule has 0 saturated carbocycles. The minimum Gasteiger partial charge on any atom is -0.507 e. The summed E-state index contributed by atoms with van der Waals surface area (Å²) in [6, 6.07) is 14.9. The number of fused-ring (bicyclic) bond motifs is 12. The summed E-state index contributed by atoms with van der Waals surface area (Å²) in [5, 5.41) is 71.3. The molecule has 4 aliphatic heterocycles. The van der Waals surface area contributed by atoms with E-state index in [1.165, 1.54) is 5.56 Å². The largest absolute Gasteiger partial charge is 0.507 e. The molecule has 2 bridgehead atoms. The van der Waals surface area contributed by atoms with E-state index in [1.54, 1.807) is 18.2 Å². The lowest BCUT2D eigenvalue weighted by atomic mass is 9.62. The van der Waals surface area contributed by atoms with E-state index in [0.29, 0.717) is 74.7 Å². The van der Waals surface area contributed by atoms with Gasteiger partial charge < -0.3 is 55.1 Å². The molecule has 0 amide bonds. The smallest absolute Gasteiger partial charge is 0.161 e. The van der Waals surface area contributed by atoms with Gasteiger partial charge in [0.25, 0.3) is 0 Å². The number of aliphatic hydroxyl groups excluding tert-OH is 2. The van der Waals surface area contributed by atoms with Crippen molar-refractivity contribution < 1.29 is 44.5 Å². The molecule has 0 spiro atoms. The van der Waals surface area contributed by atoms with Crippen molar-refractivity contribution in [1.82, 2.24) is 21.3 Å². The fourth-order valence-electron chi connectivity index (χ4n) is 12.2. The minimum absolute atomic E-state index is 0.0657. The topological polar surface area (TPSA) is 199 Å². The molecule has 4 aromatic rings. The molecular formula is C56H67N5O9. The van der Waals surface area contributed by atoms with Gasteiger partial charge in [-0.3, -0.25) is 15.6 Å². The van der Waals surface area contributed by atoms with Gasteiger partial charge >= 0.3 is 0 Å². The van der Waals surface area contributed by atoms with Gasteiger partial charge in [0.1, 0.15) is 41.1 Å². The molecule has 8 unspecified atom stereocenters. The highest BCUT2D eigenvalue weighted by molar-refractivity contribution is 5.89. The average Bonchev–Trinajstić information content (AvgIpc) is 3.82. The zero-order valence-corrected chi connectivity index (χ0v) is 40.8. The first-order chi connectivity index (χ1) is 33.9. The number of benzene rings is 4. The molecule has 370 valence electrons. The van der Waals surface area contributed by atoms with Gasteiger partial charge in [-0.25, -0.2) is 0 Å². The van der Waals surface area contributed by atoms with Gasteiger partial charge in [-0.05, 0) is 134 Å². The minimum atomic E-state index is -1.26. The summed E-state index contributed by atoms with van der Waals surface area (Å²) >= 11 is 0. The van der Waals surface area contributed by atoms with Gasteiger partial charge in [-0.1, -0.05) is 50.0 Å². The number of likely N-dealkylation sites (N-methyl/N-ethyl adjacent to an activating group) is 1. The quantitative estimate of drug-likeness (QED) is 0.0472. The van der Waals surface area contributed by atoms with E-state index in [9.17, 15) is 25.5 Å². The van der Waals surface area contributed by atoms with Crippen molar-refractivity contribution >= 4 is 12.2 Å². The number of nitrogens with zero attached hydrogens (tertiary/aromatic N) is 1. The summed E-state index contributed by atoms with van der Waals surface area (Å²) in [5.74, 6) is 8.70. The van der Waals surface area contributed by atoms with Crippen LogP contribution in [-0.2, 0) is 24.0 Å². The van der Waals surface area contributed by atoms with E-state index in [4.69, 9.17) is 23.9 Å². The maximum Gasteiger partial charge on any atom is 0.161 e. The number of aromatic hydroxyl groups is 2. The number of nitrogens with one attached hydrogen (secondary N) is 4. The number of phenols is 2. The second kappa shape index (κ2) is 19.6. The van der Waals surface area contributed by atoms with Gasteiger partial charge in [0, 0.05) is 60.8 Å². The predicted molar refractivity (Wildman–Crippen MR) is 268 cm³/mol. The Balaban J connectivity index is 1.20. The summed E-state index contributed by atoms with van der Waals surface area (Å²) in [6.07, 6.45) is 5.17. The van der Waals surface area contributed by atoms with Gasteiger partial charge in [-0.2, -0.15) is 0 Å². The number of phenolic OH excluding ortho intramolecular Hbond substituents is 2. The Kier molecular flexibility index (Phi) is 13.5. The van der Waals surface area contributed by atoms with Crippen molar-refractivity contribution in [2.24, 2.45) is 10.9 Å². The number of hydrogen-bond donors (Lipinski definition) is 9. The predicted octanol–water partition coefficient (Wildman–Crippen LogP) is 3.96. The number of rotatable bonds is 15. The standard InChI is InChI=1S/C56H67N5O9/c1-31(2)23-55(3,66)28-59-29-61-48-8-6-7-36(26-62)68-47-21-34(10-15-46(47)65)54-56(48,67-30-58-5)24-43-40-22-42-49(33-9-14-44-32(19-33)17-18-60-44)35(25-57-4)20-41-45(64)16-13-38(50(41)42)51(40)53-39(52(43)70-54)12-11-37(27-63)69-53/h9-10,13-17,19-21,31,36-37,42,48-49,54,57-59,61-66H,7,11-12,18,22-30H2,1-5H3. The molecule has 4 aromatic carbocycles. The first-order valence-corrected chi connectivity index (χ1v) is 24.9. The molecule has 0 aromatic heterocycles. The summed E-state index contributed by atoms with van der Waals surface area (Å²) in [7, 11) is 3.79. The van der Waals surface area contributed by atoms with Crippen molar-refractivity contribution in [3.63, 3.8) is 0 Å². The third-order valence-corrected chi connectivity index (χ3v) is 15.0. The number of aliphatic hydroxyl groups is 3. The van der Waals surface area contributed by atoms with Crippen molar-refractivity contribution in [1.29, 1.82) is 0 Å². The lowest BCUT2D eigenvalue weighted by Gasteiger charge is -2.50. The van der Waals surface area contributed by atoms with Gasteiger partial charge in [0.05, 0.1) is 37.4 Å². The average molecular weight is 954 g/mol. The third kappa shape index (κ3) is 8.75. The second-order valence-electron chi connectivity index (χ2n) is 20.6. The zero-order chi connectivity index (χ0) is 48.9. The van der Waals surface area contributed by atoms with E-state index >= 15 is 0 Å². The Morgan fingerprint density at radius 3 is 2.53 bits per heavy atom. The molecule has 9 N–H and O–H groups in total. The van der Waals surface area contributed by atoms with Crippen LogP contribution >= 0.6 is 0 Å². The third-order valence-electron chi connectivity index (χ3n) is 15.0. The Labute approximate surface area is 409 Å². The van der Waals surface area contributed by atoms with Crippen molar-refractivity contribution in [2.45, 2.75) is 107 Å². The molecule has 0 saturated heterocycles. The normalized spacial score (nSPS) is 25.4. The molecule has 4 heterocycles. The SMILES string of the molecule is CNCOC12Cc3c4c(c5c(c3OC1c1ccc(O)c(c1)OC(CO)CC#CC2NCNCC(C)(O)CC(C)C)CCC(CO)O5)-c1ccc(O)c2c1C(C4)C(c1ccc3c(c1)=CCN=3)C(CNC)=C2. The molecule has 0 fully saturated rings. The Morgan fingerprint density at radius 1 is 0.929 bits per heavy atom. The zero-order valence-electron chi connectivity index (χ0n) is 40.8. The molecule has 0 radical (unpaired) electrons. The van der Waals surface area contributed by atoms with Crippen LogP contribution in [0.15, 0.2) is 59.1 Å². The Morgan fingerprint density at radius 2 is 1.74 bits per heavy atom. The lowest BCUT2D eigenvalue weighted by Crippen LogP contribution is -2.62. The highest BCUT2D eigenvalue weighted by Gasteiger charge is 2.55. The van der Waals surface area contributed by atoms with Gasteiger partial charge in [0.2, 0.25) is 0 Å². The molecule has 14 heteroatoms. The van der Waals surface area contributed by atoms with Crippen LogP contribution in [0.5, 0.6) is 28.7 Å². The van der Waals surface area contributed by atoms with Crippen LogP contribution in [0, 0.1) is 17.8 Å². The molecule has 70 heavy (non-hydrogen) atoms. The first kappa shape index (κ1) is 48.2. The van der Waals surface area contributed by atoms with Crippen molar-refractivity contribution in [3.8, 4) is 51.7 Å². The van der Waals surface area contributed by atoms with E-state index < -0.39 is 35.6 Å². The number of hydrogen-bond acceptors (Lipinski definition) is 14. The first-order valence-electron chi connectivity index (χ1n) is 24.9. The monoisotopic (exact) mass is 953 g/mol. The van der Waals surface area contributed by atoms with Crippen LogP contribution in [0.25, 0.3) is 23.3 Å². The maximum atomic E-state index is 11.7. The Bertz CT molecular complexity index is 2890. The van der Waals surface area contributed by atoms with E-state index in [-0.39, 0.29) is 62.1 Å². The van der Waals surface area contributed by atoms with Gasteiger partial charge in [-0.15, -0.1) is 0 Å². The summed E-state index contributed by atoms with van der Waals surface area (Å²) < 4.78 is 28.0. The van der Waals surface area contributed by atoms with Crippen molar-refractivity contribution in [2.75, 3.05) is 60.3 Å². The molecule has 8 atom stereocenters. The highest BCUT2D eigenvalue weighted by Crippen LogP contribution is 2.61. The summed E-state index contributed by atoms with van der Waals surface area (Å²) in [4.78, 5) is 4.71. The Hall–Kier alpha value is -5.47. The maximum absolute atomic E-state index is 11.7. The van der Waals surface area contributed by atoms with Crippen LogP contribution in [0.1, 0.15) is 96.9 Å². The van der Waals surface area contributed by atoms with Crippen LogP contribution in [-0.4, -0.2) is 115 Å². The van der Waals surface area contributed by atoms with Crippen LogP contribution < -0.4 is 46.1 Å². The van der Waals surface area contributed by atoms with E-state index in [0.717, 1.165) is 55.1 Å². The second-order valence-corrected chi connectivity index (χ2v) is 20.6. The fraction of sp³-hybridized carbons (Fsp3) is 0.482. The molecule has 2 aliphatic carbocycles.